The van der Waals surface area contributed by atoms with Crippen LogP contribution >= 0.6 is 22.6 Å². The number of nitrogens with one attached hydrogen (secondary N) is 1. The number of rotatable bonds is 12. The highest BCUT2D eigenvalue weighted by Gasteiger charge is 2.34. The Hall–Kier alpha value is -3.06. The van der Waals surface area contributed by atoms with Gasteiger partial charge in [-0.2, -0.15) is 0 Å². The van der Waals surface area contributed by atoms with Crippen molar-refractivity contribution in [2.75, 3.05) is 13.2 Å². The molecule has 2 amide bonds. The standard InChI is InChI=1S/C28H36N2O8S2/c1-27(2,3)37-15-21(25(33)34)29-23(31)19-13-9-7-11-17(19)18-12-8-10-14-20(18)24(32)30(40-39)22(26(35)36)16-38-28(4,5)6/h7-14,21-22,39H,15-16H2,1-6H3,(H,29,31)(H,33,34)(H,35,36). The molecule has 0 saturated carbocycles. The van der Waals surface area contributed by atoms with Gasteiger partial charge in [-0.25, -0.2) is 9.59 Å². The van der Waals surface area contributed by atoms with Crippen LogP contribution in [-0.4, -0.2) is 74.8 Å². The highest BCUT2D eigenvalue weighted by molar-refractivity contribution is 8.67. The molecule has 0 aliphatic heterocycles. The van der Waals surface area contributed by atoms with Crippen molar-refractivity contribution in [2.24, 2.45) is 0 Å². The van der Waals surface area contributed by atoms with Gasteiger partial charge in [0.05, 0.1) is 24.4 Å². The molecule has 0 radical (unpaired) electrons. The molecule has 2 aromatic carbocycles. The van der Waals surface area contributed by atoms with Gasteiger partial charge in [-0.3, -0.25) is 13.9 Å². The molecule has 218 valence electrons. The van der Waals surface area contributed by atoms with Crippen LogP contribution in [0.2, 0.25) is 0 Å². The molecule has 0 fully saturated rings. The third kappa shape index (κ3) is 9.54. The van der Waals surface area contributed by atoms with E-state index in [1.54, 1.807) is 77.9 Å². The second-order valence-corrected chi connectivity index (χ2v) is 11.9. The monoisotopic (exact) mass is 592 g/mol. The Balaban J connectivity index is 2.47. The summed E-state index contributed by atoms with van der Waals surface area (Å²) in [6.07, 6.45) is 0. The van der Waals surface area contributed by atoms with Crippen LogP contribution < -0.4 is 5.32 Å². The molecule has 0 aliphatic rings. The molecule has 0 saturated heterocycles. The highest BCUT2D eigenvalue weighted by atomic mass is 33.1. The minimum atomic E-state index is -1.35. The van der Waals surface area contributed by atoms with Crippen LogP contribution in [-0.2, 0) is 19.1 Å². The lowest BCUT2D eigenvalue weighted by Gasteiger charge is -2.29. The van der Waals surface area contributed by atoms with Gasteiger partial charge in [0.1, 0.15) is 0 Å². The lowest BCUT2D eigenvalue weighted by Crippen LogP contribution is -2.45. The molecule has 10 nitrogen and oxygen atoms in total. The zero-order valence-electron chi connectivity index (χ0n) is 23.3. The van der Waals surface area contributed by atoms with Gasteiger partial charge in [-0.05, 0) is 64.8 Å². The Bertz CT molecular complexity index is 1220. The fourth-order valence-electron chi connectivity index (χ4n) is 3.49. The van der Waals surface area contributed by atoms with Gasteiger partial charge in [0.15, 0.2) is 12.1 Å². The first kappa shape index (κ1) is 33.1. The van der Waals surface area contributed by atoms with Crippen LogP contribution in [0.15, 0.2) is 48.5 Å². The Morgan fingerprint density at radius 1 is 0.825 bits per heavy atom. The van der Waals surface area contributed by atoms with Crippen LogP contribution in [0.5, 0.6) is 0 Å². The molecular formula is C28H36N2O8S2. The zero-order chi connectivity index (χ0) is 30.3. The molecule has 0 aliphatic carbocycles. The maximum absolute atomic E-state index is 13.7. The number of nitrogens with zero attached hydrogens (tertiary/aromatic N) is 1. The molecule has 12 heteroatoms. The normalized spacial score (nSPS) is 13.3. The van der Waals surface area contributed by atoms with Crippen molar-refractivity contribution in [3.63, 3.8) is 0 Å². The van der Waals surface area contributed by atoms with E-state index in [2.05, 4.69) is 17.0 Å². The van der Waals surface area contributed by atoms with Crippen molar-refractivity contribution in [1.29, 1.82) is 0 Å². The van der Waals surface area contributed by atoms with Gasteiger partial charge in [-0.1, -0.05) is 48.1 Å². The minimum absolute atomic E-state index is 0.122. The molecular weight excluding hydrogens is 556 g/mol. The van der Waals surface area contributed by atoms with Crippen LogP contribution in [0.25, 0.3) is 11.1 Å². The molecule has 2 unspecified atom stereocenters. The molecule has 2 atom stereocenters. The number of ether oxygens (including phenoxy) is 2. The van der Waals surface area contributed by atoms with E-state index in [0.29, 0.717) is 22.1 Å². The fraction of sp³-hybridized carbons (Fsp3) is 0.429. The Morgan fingerprint density at radius 2 is 1.30 bits per heavy atom. The summed E-state index contributed by atoms with van der Waals surface area (Å²) in [5.74, 6) is -3.86. The topological polar surface area (TPSA) is 142 Å². The third-order valence-corrected chi connectivity index (χ3v) is 6.56. The summed E-state index contributed by atoms with van der Waals surface area (Å²) in [5.41, 5.74) is -0.299. The molecule has 2 aromatic rings. The number of thiol groups is 1. The van der Waals surface area contributed by atoms with Crippen LogP contribution in [0.4, 0.5) is 0 Å². The van der Waals surface area contributed by atoms with Crippen LogP contribution in [0, 0.1) is 0 Å². The number of carbonyl (C=O) groups excluding carboxylic acids is 2. The van der Waals surface area contributed by atoms with E-state index in [4.69, 9.17) is 9.47 Å². The first-order valence-electron chi connectivity index (χ1n) is 12.4. The smallest absolute Gasteiger partial charge is 0.329 e. The average molecular weight is 593 g/mol. The predicted octanol–water partition coefficient (Wildman–Crippen LogP) is 4.56. The van der Waals surface area contributed by atoms with Gasteiger partial charge in [0.25, 0.3) is 11.8 Å². The molecule has 0 spiro atoms. The zero-order valence-corrected chi connectivity index (χ0v) is 25.0. The number of amides is 2. The fourth-order valence-corrected chi connectivity index (χ4v) is 4.49. The van der Waals surface area contributed by atoms with Gasteiger partial charge in [0, 0.05) is 22.1 Å². The van der Waals surface area contributed by atoms with Crippen LogP contribution in [0.1, 0.15) is 62.3 Å². The summed E-state index contributed by atoms with van der Waals surface area (Å²) in [6.45, 7) is 10.1. The molecule has 3 N–H and O–H groups in total. The van der Waals surface area contributed by atoms with Crippen molar-refractivity contribution in [3.8, 4) is 11.1 Å². The number of hydrogen-bond acceptors (Lipinski definition) is 8. The minimum Gasteiger partial charge on any atom is -0.480 e. The van der Waals surface area contributed by atoms with Crippen molar-refractivity contribution >= 4 is 46.4 Å². The maximum Gasteiger partial charge on any atom is 0.329 e. The summed E-state index contributed by atoms with van der Waals surface area (Å²) in [7, 11) is 0.652. The van der Waals surface area contributed by atoms with E-state index in [1.165, 1.54) is 12.1 Å². The Labute approximate surface area is 243 Å². The van der Waals surface area contributed by atoms with E-state index in [0.717, 1.165) is 4.31 Å². The second-order valence-electron chi connectivity index (χ2n) is 10.9. The van der Waals surface area contributed by atoms with Gasteiger partial charge >= 0.3 is 11.9 Å². The molecule has 2 rings (SSSR count). The largest absolute Gasteiger partial charge is 0.480 e. The molecule has 0 heterocycles. The number of aliphatic carboxylic acids is 2. The summed E-state index contributed by atoms with van der Waals surface area (Å²) in [5, 5.41) is 22.0. The van der Waals surface area contributed by atoms with Crippen molar-refractivity contribution in [3.05, 3.63) is 59.7 Å². The first-order chi connectivity index (χ1) is 18.6. The Kier molecular flexibility index (Phi) is 11.6. The molecule has 0 bridgehead atoms. The quantitative estimate of drug-likeness (QED) is 0.159. The lowest BCUT2D eigenvalue weighted by molar-refractivity contribution is -0.144. The van der Waals surface area contributed by atoms with Crippen molar-refractivity contribution in [1.82, 2.24) is 9.62 Å². The van der Waals surface area contributed by atoms with Gasteiger partial charge < -0.3 is 25.0 Å². The lowest BCUT2D eigenvalue weighted by atomic mass is 9.94. The summed E-state index contributed by atoms with van der Waals surface area (Å²) in [4.78, 5) is 50.9. The number of hydrogen-bond donors (Lipinski definition) is 4. The van der Waals surface area contributed by atoms with E-state index in [1.807, 2.05) is 0 Å². The molecule has 0 aromatic heterocycles. The number of carboxylic acids is 2. The average Bonchev–Trinajstić information content (AvgIpc) is 2.87. The van der Waals surface area contributed by atoms with E-state index in [-0.39, 0.29) is 24.3 Å². The second kappa shape index (κ2) is 14.0. The van der Waals surface area contributed by atoms with Crippen molar-refractivity contribution in [2.45, 2.75) is 64.8 Å². The van der Waals surface area contributed by atoms with Gasteiger partial charge in [-0.15, -0.1) is 0 Å². The highest BCUT2D eigenvalue weighted by Crippen LogP contribution is 2.31. The summed E-state index contributed by atoms with van der Waals surface area (Å²) < 4.78 is 12.2. The maximum atomic E-state index is 13.7. The van der Waals surface area contributed by atoms with Crippen molar-refractivity contribution < 1.29 is 38.9 Å². The first-order valence-corrected chi connectivity index (χ1v) is 14.3. The van der Waals surface area contributed by atoms with Gasteiger partial charge in [0.2, 0.25) is 0 Å². The Morgan fingerprint density at radius 3 is 1.77 bits per heavy atom. The summed E-state index contributed by atoms with van der Waals surface area (Å²) in [6, 6.07) is 10.2. The number of carboxylic acid groups (broad SMARTS) is 2. The summed E-state index contributed by atoms with van der Waals surface area (Å²) >= 11 is 4.15. The van der Waals surface area contributed by atoms with E-state index < -0.39 is 47.0 Å². The third-order valence-electron chi connectivity index (χ3n) is 5.44. The molecule has 40 heavy (non-hydrogen) atoms. The van der Waals surface area contributed by atoms with E-state index in [9.17, 15) is 29.4 Å². The van der Waals surface area contributed by atoms with Crippen LogP contribution in [0.3, 0.4) is 0 Å². The number of benzene rings is 2. The number of carbonyl (C=O) groups is 4. The predicted molar refractivity (Wildman–Crippen MR) is 156 cm³/mol. The SMILES string of the molecule is CC(C)(C)OCC(NC(=O)c1ccccc1-c1ccccc1C(=O)N(SS)C(COC(C)(C)C)C(=O)O)C(=O)O. The van der Waals surface area contributed by atoms with E-state index >= 15 is 0 Å².